The number of nitrogens with zero attached hydrogens (tertiary/aromatic N) is 1. The molecular weight excluding hydrogens is 296 g/mol. The van der Waals surface area contributed by atoms with Gasteiger partial charge in [0.05, 0.1) is 12.1 Å². The summed E-state index contributed by atoms with van der Waals surface area (Å²) in [6.45, 7) is 3.88. The van der Waals surface area contributed by atoms with Crippen molar-refractivity contribution in [3.63, 3.8) is 0 Å². The zero-order valence-corrected chi connectivity index (χ0v) is 13.4. The Morgan fingerprint density at radius 3 is 2.68 bits per heavy atom. The first-order valence-corrected chi connectivity index (χ1v) is 7.43. The molecule has 0 saturated heterocycles. The summed E-state index contributed by atoms with van der Waals surface area (Å²) in [7, 11) is 0. The minimum atomic E-state index is -0.919. The predicted molar refractivity (Wildman–Crippen MR) is 92.3 cm³/mol. The molecule has 2 rings (SSSR count). The number of benzene rings is 1. The summed E-state index contributed by atoms with van der Waals surface area (Å²) in [6, 6.07) is 9.15. The Balaban J connectivity index is 2.55. The number of hydrogen-bond acceptors (Lipinski definition) is 3. The van der Waals surface area contributed by atoms with E-state index in [-0.39, 0.29) is 6.42 Å². The minimum Gasteiger partial charge on any atom is -0.481 e. The van der Waals surface area contributed by atoms with Crippen LogP contribution < -0.4 is 5.32 Å². The van der Waals surface area contributed by atoms with Gasteiger partial charge in [-0.25, -0.2) is 0 Å². The molecule has 1 heterocycles. The number of nitrogens with one attached hydrogen (secondary N) is 1. The van der Waals surface area contributed by atoms with Crippen LogP contribution in [-0.2, 0) is 4.79 Å². The lowest BCUT2D eigenvalue weighted by Crippen LogP contribution is -2.31. The summed E-state index contributed by atoms with van der Waals surface area (Å²) in [5.74, 6) is -0.919. The molecule has 1 aliphatic heterocycles. The molecule has 0 bridgehead atoms. The zero-order valence-electron chi connectivity index (χ0n) is 12.5. The van der Waals surface area contributed by atoms with Crippen molar-refractivity contribution >= 4 is 28.9 Å². The number of allylic oxidation sites excluding steroid dienone is 3. The van der Waals surface area contributed by atoms with Gasteiger partial charge in [-0.2, -0.15) is 0 Å². The highest BCUT2D eigenvalue weighted by molar-refractivity contribution is 7.80. The second-order valence-corrected chi connectivity index (χ2v) is 5.43. The van der Waals surface area contributed by atoms with Crippen LogP contribution in [0.4, 0.5) is 0 Å². The summed E-state index contributed by atoms with van der Waals surface area (Å²) in [6.07, 6.45) is 3.70. The third kappa shape index (κ3) is 3.68. The summed E-state index contributed by atoms with van der Waals surface area (Å²) in [4.78, 5) is 16.1. The fourth-order valence-electron chi connectivity index (χ4n) is 2.27. The first kappa shape index (κ1) is 16.1. The van der Waals surface area contributed by atoms with E-state index in [9.17, 15) is 4.79 Å². The van der Waals surface area contributed by atoms with Gasteiger partial charge < -0.3 is 10.4 Å². The molecule has 1 aliphatic rings. The van der Waals surface area contributed by atoms with E-state index in [4.69, 9.17) is 17.3 Å². The van der Waals surface area contributed by atoms with Crippen molar-refractivity contribution in [3.8, 4) is 0 Å². The number of hydrogen-bond donors (Lipinski definition) is 2. The second kappa shape index (κ2) is 7.13. The van der Waals surface area contributed by atoms with Crippen LogP contribution in [0.3, 0.4) is 0 Å². The van der Waals surface area contributed by atoms with Gasteiger partial charge in [-0.3, -0.25) is 9.79 Å². The first-order chi connectivity index (χ1) is 10.5. The van der Waals surface area contributed by atoms with E-state index in [1.807, 2.05) is 56.3 Å². The highest BCUT2D eigenvalue weighted by atomic mass is 32.1. The van der Waals surface area contributed by atoms with Crippen LogP contribution in [-0.4, -0.2) is 27.8 Å². The van der Waals surface area contributed by atoms with Gasteiger partial charge in [0, 0.05) is 11.3 Å². The molecule has 1 aromatic carbocycles. The van der Waals surface area contributed by atoms with Gasteiger partial charge in [-0.1, -0.05) is 48.6 Å². The summed E-state index contributed by atoms with van der Waals surface area (Å²) < 4.78 is 0. The zero-order chi connectivity index (χ0) is 16.1. The van der Waals surface area contributed by atoms with Crippen molar-refractivity contribution in [1.29, 1.82) is 0 Å². The van der Waals surface area contributed by atoms with Crippen LogP contribution >= 0.6 is 12.2 Å². The van der Waals surface area contributed by atoms with E-state index < -0.39 is 12.0 Å². The highest BCUT2D eigenvalue weighted by Crippen LogP contribution is 2.19. The van der Waals surface area contributed by atoms with E-state index in [1.54, 1.807) is 0 Å². The Morgan fingerprint density at radius 1 is 1.41 bits per heavy atom. The van der Waals surface area contributed by atoms with E-state index in [0.717, 1.165) is 22.5 Å². The van der Waals surface area contributed by atoms with Crippen LogP contribution in [0.5, 0.6) is 0 Å². The van der Waals surface area contributed by atoms with Crippen molar-refractivity contribution < 1.29 is 9.90 Å². The van der Waals surface area contributed by atoms with Crippen molar-refractivity contribution in [2.45, 2.75) is 26.3 Å². The average molecular weight is 314 g/mol. The molecule has 22 heavy (non-hydrogen) atoms. The lowest BCUT2D eigenvalue weighted by atomic mass is 10.0. The van der Waals surface area contributed by atoms with Crippen molar-refractivity contribution in [2.24, 2.45) is 4.99 Å². The first-order valence-electron chi connectivity index (χ1n) is 7.02. The molecule has 0 radical (unpaired) electrons. The van der Waals surface area contributed by atoms with Crippen molar-refractivity contribution in [2.75, 3.05) is 0 Å². The normalized spacial score (nSPS) is 18.9. The average Bonchev–Trinajstić information content (AvgIpc) is 2.60. The number of aliphatic carboxylic acids is 1. The fourth-order valence-corrected chi connectivity index (χ4v) is 2.52. The third-order valence-electron chi connectivity index (χ3n) is 3.35. The topological polar surface area (TPSA) is 61.7 Å². The van der Waals surface area contributed by atoms with Gasteiger partial charge in [0.25, 0.3) is 0 Å². The molecule has 2 N–H and O–H groups in total. The molecule has 0 fully saturated rings. The van der Waals surface area contributed by atoms with Gasteiger partial charge in [0.15, 0.2) is 0 Å². The molecule has 0 aliphatic carbocycles. The van der Waals surface area contributed by atoms with Crippen LogP contribution in [0, 0.1) is 0 Å². The van der Waals surface area contributed by atoms with E-state index >= 15 is 0 Å². The Morgan fingerprint density at radius 2 is 2.09 bits per heavy atom. The molecule has 0 saturated carbocycles. The van der Waals surface area contributed by atoms with Gasteiger partial charge in [0.1, 0.15) is 11.0 Å². The maximum atomic E-state index is 11.1. The lowest BCUT2D eigenvalue weighted by molar-refractivity contribution is -0.137. The smallest absolute Gasteiger partial charge is 0.305 e. The summed E-state index contributed by atoms with van der Waals surface area (Å²) in [5, 5.41) is 12.2. The van der Waals surface area contributed by atoms with Gasteiger partial charge in [-0.05, 0) is 25.5 Å². The number of carboxylic acids is 1. The number of carboxylic acid groups (broad SMARTS) is 1. The fraction of sp³-hybridized carbons (Fsp3) is 0.235. The second-order valence-electron chi connectivity index (χ2n) is 4.99. The molecule has 1 unspecified atom stereocenters. The van der Waals surface area contributed by atoms with Crippen LogP contribution in [0.1, 0.15) is 25.8 Å². The number of aliphatic imine (C=N–C) groups is 1. The maximum absolute atomic E-state index is 11.1. The predicted octanol–water partition coefficient (Wildman–Crippen LogP) is 3.10. The number of carbonyl (C=O) groups is 1. The van der Waals surface area contributed by atoms with E-state index in [1.165, 1.54) is 0 Å². The quantitative estimate of drug-likeness (QED) is 0.838. The molecular formula is C17H18N2O2S. The largest absolute Gasteiger partial charge is 0.481 e. The monoisotopic (exact) mass is 314 g/mol. The molecule has 5 heteroatoms. The van der Waals surface area contributed by atoms with Crippen molar-refractivity contribution in [3.05, 3.63) is 59.3 Å². The molecule has 0 aromatic heterocycles. The van der Waals surface area contributed by atoms with Gasteiger partial charge >= 0.3 is 5.97 Å². The van der Waals surface area contributed by atoms with Crippen LogP contribution in [0.25, 0.3) is 0 Å². The Hall–Kier alpha value is -2.27. The SMILES string of the molecule is C/C=C\C1=C(C)C(c2ccccc2)=NC(CC(=O)O)C(=S)N1. The van der Waals surface area contributed by atoms with Gasteiger partial charge in [-0.15, -0.1) is 0 Å². The Kier molecular flexibility index (Phi) is 5.22. The third-order valence-corrected chi connectivity index (χ3v) is 3.73. The maximum Gasteiger partial charge on any atom is 0.305 e. The van der Waals surface area contributed by atoms with Crippen LogP contribution in [0.2, 0.25) is 0 Å². The van der Waals surface area contributed by atoms with E-state index in [2.05, 4.69) is 10.3 Å². The molecule has 0 spiro atoms. The number of thiocarbonyl (C=S) groups is 1. The number of rotatable bonds is 4. The standard InChI is InChI=1S/C17H18N2O2S/c1-3-7-13-11(2)16(12-8-5-4-6-9-12)18-14(10-15(20)21)17(22)19-13/h3-9,14H,10H2,1-2H3,(H,19,22)(H,20,21)/b7-3-. The molecule has 4 nitrogen and oxygen atoms in total. The summed E-state index contributed by atoms with van der Waals surface area (Å²) in [5.41, 5.74) is 3.51. The minimum absolute atomic E-state index is 0.126. The molecule has 1 atom stereocenters. The lowest BCUT2D eigenvalue weighted by Gasteiger charge is -2.12. The van der Waals surface area contributed by atoms with Gasteiger partial charge in [0.2, 0.25) is 0 Å². The summed E-state index contributed by atoms with van der Waals surface area (Å²) >= 11 is 5.33. The Labute approximate surface area is 135 Å². The van der Waals surface area contributed by atoms with Crippen LogP contribution in [0.15, 0.2) is 58.7 Å². The highest BCUT2D eigenvalue weighted by Gasteiger charge is 2.24. The Bertz CT molecular complexity index is 675. The van der Waals surface area contributed by atoms with Crippen molar-refractivity contribution in [1.82, 2.24) is 5.32 Å². The molecule has 0 amide bonds. The molecule has 1 aromatic rings. The molecule has 114 valence electrons. The van der Waals surface area contributed by atoms with E-state index in [0.29, 0.717) is 4.99 Å².